The molecule has 0 aliphatic heterocycles. The highest BCUT2D eigenvalue weighted by Crippen LogP contribution is 2.26. The van der Waals surface area contributed by atoms with E-state index in [2.05, 4.69) is 10.8 Å². The van der Waals surface area contributed by atoms with Gasteiger partial charge in [0.2, 0.25) is 10.0 Å². The molecule has 0 amide bonds. The maximum Gasteiger partial charge on any atom is 0.240 e. The van der Waals surface area contributed by atoms with Crippen LogP contribution in [-0.2, 0) is 14.8 Å². The van der Waals surface area contributed by atoms with Crippen molar-refractivity contribution in [1.82, 2.24) is 4.72 Å². The second kappa shape index (κ2) is 7.83. The molecule has 21 heavy (non-hydrogen) atoms. The molecule has 0 saturated carbocycles. The van der Waals surface area contributed by atoms with Crippen molar-refractivity contribution in [2.24, 2.45) is 0 Å². The highest BCUT2D eigenvalue weighted by atomic mass is 32.2. The predicted octanol–water partition coefficient (Wildman–Crippen LogP) is 0.543. The first-order valence-corrected chi connectivity index (χ1v) is 7.88. The van der Waals surface area contributed by atoms with E-state index in [1.54, 1.807) is 13.2 Å². The van der Waals surface area contributed by atoms with Gasteiger partial charge in [-0.05, 0) is 25.2 Å². The summed E-state index contributed by atoms with van der Waals surface area (Å²) in [5.74, 6) is 0. The number of benzene rings is 1. The number of methoxy groups -OCH3 is 1. The van der Waals surface area contributed by atoms with E-state index in [1.165, 1.54) is 19.2 Å². The smallest absolute Gasteiger partial charge is 0.240 e. The molecule has 0 atom stereocenters. The Kier molecular flexibility index (Phi) is 6.42. The zero-order valence-electron chi connectivity index (χ0n) is 12.2. The molecular weight excluding hydrogens is 292 g/mol. The molecule has 0 fully saturated rings. The maximum absolute atomic E-state index is 11.9. The minimum absolute atomic E-state index is 0.133. The van der Waals surface area contributed by atoms with Crippen molar-refractivity contribution in [3.05, 3.63) is 18.2 Å². The molecule has 0 unspecified atom stereocenters. The third kappa shape index (κ3) is 4.60. The van der Waals surface area contributed by atoms with Gasteiger partial charge in [0.25, 0.3) is 0 Å². The molecule has 7 nitrogen and oxygen atoms in total. The molecule has 8 heteroatoms. The number of ether oxygens (including phenoxy) is 1. The van der Waals surface area contributed by atoms with Gasteiger partial charge in [-0.15, -0.1) is 0 Å². The fourth-order valence-electron chi connectivity index (χ4n) is 1.82. The first kappa shape index (κ1) is 17.2. The molecule has 1 aromatic rings. The first-order chi connectivity index (χ1) is 9.96. The van der Waals surface area contributed by atoms with Crippen LogP contribution in [0, 0.1) is 11.3 Å². The first-order valence-electron chi connectivity index (χ1n) is 6.40. The van der Waals surface area contributed by atoms with E-state index in [1.807, 2.05) is 4.90 Å². The Balaban J connectivity index is 3.17. The van der Waals surface area contributed by atoms with Crippen LogP contribution in [0.1, 0.15) is 6.42 Å². The van der Waals surface area contributed by atoms with Gasteiger partial charge in [-0.2, -0.15) is 5.26 Å². The Morgan fingerprint density at radius 2 is 2.14 bits per heavy atom. The number of nitrogen functional groups attached to an aromatic ring is 1. The minimum Gasteiger partial charge on any atom is -0.397 e. The van der Waals surface area contributed by atoms with Crippen molar-refractivity contribution in [2.45, 2.75) is 11.3 Å². The summed E-state index contributed by atoms with van der Waals surface area (Å²) in [5.41, 5.74) is 6.98. The molecule has 0 aromatic heterocycles. The second-order valence-electron chi connectivity index (χ2n) is 4.32. The molecular formula is C13H20N4O3S. The fourth-order valence-corrected chi connectivity index (χ4v) is 2.57. The van der Waals surface area contributed by atoms with E-state index >= 15 is 0 Å². The van der Waals surface area contributed by atoms with Gasteiger partial charge in [0.05, 0.1) is 35.4 Å². The van der Waals surface area contributed by atoms with Crippen molar-refractivity contribution >= 4 is 21.4 Å². The molecule has 0 aliphatic carbocycles. The fraction of sp³-hybridized carbons (Fsp3) is 0.462. The van der Waals surface area contributed by atoms with Crippen LogP contribution in [0.25, 0.3) is 0 Å². The second-order valence-corrected chi connectivity index (χ2v) is 6.20. The van der Waals surface area contributed by atoms with Crippen LogP contribution in [0.4, 0.5) is 11.4 Å². The number of anilines is 2. The van der Waals surface area contributed by atoms with Crippen molar-refractivity contribution < 1.29 is 13.2 Å². The third-order valence-corrected chi connectivity index (χ3v) is 4.39. The summed E-state index contributed by atoms with van der Waals surface area (Å²) in [7, 11) is -0.612. The Hall–Kier alpha value is -1.82. The summed E-state index contributed by atoms with van der Waals surface area (Å²) in [5, 5.41) is 8.73. The lowest BCUT2D eigenvalue weighted by molar-refractivity contribution is 0.205. The molecule has 3 N–H and O–H groups in total. The molecule has 0 bridgehead atoms. The van der Waals surface area contributed by atoms with Crippen LogP contribution in [-0.4, -0.2) is 42.3 Å². The number of rotatable bonds is 8. The highest BCUT2D eigenvalue weighted by molar-refractivity contribution is 7.89. The zero-order chi connectivity index (χ0) is 15.9. The largest absolute Gasteiger partial charge is 0.397 e. The van der Waals surface area contributed by atoms with Gasteiger partial charge in [-0.3, -0.25) is 0 Å². The molecule has 116 valence electrons. The SMILES string of the molecule is CNS(=O)(=O)c1ccc(N)c(N(CCC#N)CCOC)c1. The molecule has 1 rings (SSSR count). The maximum atomic E-state index is 11.9. The minimum atomic E-state index is -3.54. The Morgan fingerprint density at radius 1 is 1.43 bits per heavy atom. The van der Waals surface area contributed by atoms with Crippen LogP contribution in [0.15, 0.2) is 23.1 Å². The van der Waals surface area contributed by atoms with Gasteiger partial charge in [-0.25, -0.2) is 13.1 Å². The van der Waals surface area contributed by atoms with Crippen molar-refractivity contribution in [3.8, 4) is 6.07 Å². The monoisotopic (exact) mass is 312 g/mol. The normalized spacial score (nSPS) is 11.1. The van der Waals surface area contributed by atoms with Crippen LogP contribution in [0.2, 0.25) is 0 Å². The number of hydrogen-bond acceptors (Lipinski definition) is 6. The average Bonchev–Trinajstić information content (AvgIpc) is 2.48. The van der Waals surface area contributed by atoms with Crippen molar-refractivity contribution in [3.63, 3.8) is 0 Å². The predicted molar refractivity (Wildman–Crippen MR) is 81.4 cm³/mol. The summed E-state index contributed by atoms with van der Waals surface area (Å²) in [6.45, 7) is 1.42. The summed E-state index contributed by atoms with van der Waals surface area (Å²) in [6, 6.07) is 6.57. The molecule has 0 radical (unpaired) electrons. The summed E-state index contributed by atoms with van der Waals surface area (Å²) in [4.78, 5) is 1.98. The van der Waals surface area contributed by atoms with Crippen LogP contribution in [0.3, 0.4) is 0 Å². The van der Waals surface area contributed by atoms with Gasteiger partial charge >= 0.3 is 0 Å². The van der Waals surface area contributed by atoms with E-state index in [-0.39, 0.29) is 4.90 Å². The lowest BCUT2D eigenvalue weighted by Crippen LogP contribution is -2.29. The number of nitrogens with zero attached hydrogens (tertiary/aromatic N) is 2. The van der Waals surface area contributed by atoms with E-state index in [0.29, 0.717) is 37.5 Å². The number of hydrogen-bond donors (Lipinski definition) is 2. The van der Waals surface area contributed by atoms with E-state index < -0.39 is 10.0 Å². The number of nitrogens with one attached hydrogen (secondary N) is 1. The quantitative estimate of drug-likeness (QED) is 0.678. The topological polar surface area (TPSA) is 108 Å². The van der Waals surface area contributed by atoms with Crippen molar-refractivity contribution in [1.29, 1.82) is 5.26 Å². The summed E-state index contributed by atoms with van der Waals surface area (Å²) in [6.07, 6.45) is 0.312. The summed E-state index contributed by atoms with van der Waals surface area (Å²) >= 11 is 0. The van der Waals surface area contributed by atoms with Crippen LogP contribution in [0.5, 0.6) is 0 Å². The third-order valence-electron chi connectivity index (χ3n) is 2.98. The molecule has 0 heterocycles. The highest BCUT2D eigenvalue weighted by Gasteiger charge is 2.16. The number of nitrogens with two attached hydrogens (primary N) is 1. The number of nitriles is 1. The average molecular weight is 312 g/mol. The Morgan fingerprint density at radius 3 is 2.71 bits per heavy atom. The molecule has 1 aromatic carbocycles. The van der Waals surface area contributed by atoms with Crippen molar-refractivity contribution in [2.75, 3.05) is 44.5 Å². The molecule has 0 aliphatic rings. The van der Waals surface area contributed by atoms with Crippen LogP contribution < -0.4 is 15.4 Å². The zero-order valence-corrected chi connectivity index (χ0v) is 13.0. The lowest BCUT2D eigenvalue weighted by Gasteiger charge is -2.25. The Bertz CT molecular complexity index is 610. The standard InChI is InChI=1S/C13H20N4O3S/c1-16-21(18,19)11-4-5-12(15)13(10-11)17(7-3-6-14)8-9-20-2/h4-5,10,16H,3,7-9,15H2,1-2H3. The van der Waals surface area contributed by atoms with Crippen LogP contribution >= 0.6 is 0 Å². The molecule has 0 saturated heterocycles. The molecule has 0 spiro atoms. The van der Waals surface area contributed by atoms with Gasteiger partial charge in [0, 0.05) is 20.2 Å². The van der Waals surface area contributed by atoms with E-state index in [4.69, 9.17) is 15.7 Å². The lowest BCUT2D eigenvalue weighted by atomic mass is 10.2. The van der Waals surface area contributed by atoms with Gasteiger partial charge in [-0.1, -0.05) is 0 Å². The van der Waals surface area contributed by atoms with E-state index in [0.717, 1.165) is 0 Å². The number of sulfonamides is 1. The van der Waals surface area contributed by atoms with Gasteiger partial charge < -0.3 is 15.4 Å². The Labute approximate surface area is 125 Å². The van der Waals surface area contributed by atoms with Gasteiger partial charge in [0.15, 0.2) is 0 Å². The van der Waals surface area contributed by atoms with E-state index in [9.17, 15) is 8.42 Å². The van der Waals surface area contributed by atoms with Gasteiger partial charge in [0.1, 0.15) is 0 Å². The summed E-state index contributed by atoms with van der Waals surface area (Å²) < 4.78 is 31.0.